The summed E-state index contributed by atoms with van der Waals surface area (Å²) < 4.78 is 10.4. The molecule has 9 atom stereocenters. The lowest BCUT2D eigenvalue weighted by Crippen LogP contribution is -2.50. The van der Waals surface area contributed by atoms with E-state index >= 15 is 0 Å². The summed E-state index contributed by atoms with van der Waals surface area (Å²) in [5.74, 6) is -10.1. The van der Waals surface area contributed by atoms with Crippen LogP contribution in [0.15, 0.2) is 46.1 Å². The third-order valence-electron chi connectivity index (χ3n) is 10.1. The fourth-order valence-electron chi connectivity index (χ4n) is 6.70. The summed E-state index contributed by atoms with van der Waals surface area (Å²) in [5, 5.41) is 59.0. The van der Waals surface area contributed by atoms with Gasteiger partial charge in [-0.2, -0.15) is 0 Å². The molecule has 284 valence electrons. The number of allylic oxidation sites excluding steroid dienone is 5. The molecule has 1 aliphatic carbocycles. The SMILES string of the molecule is COC(=O)C1C(O)C(C)C(O)C(C)/C=C/C=C(/C)C(=O)NC2=C(SC)C(=O)c3c(c(O)c(C)c(OC)c3C(=O)/C(C)=C/C(C)C(O)C(C)C1O)C2=O. The first-order valence-electron chi connectivity index (χ1n) is 16.8. The van der Waals surface area contributed by atoms with Crippen LogP contribution in [0.25, 0.3) is 0 Å². The topological polar surface area (TPSA) is 217 Å². The molecule has 52 heavy (non-hydrogen) atoms. The van der Waals surface area contributed by atoms with Gasteiger partial charge in [-0.15, -0.1) is 11.8 Å². The van der Waals surface area contributed by atoms with Gasteiger partial charge in [0.25, 0.3) is 5.91 Å². The minimum Gasteiger partial charge on any atom is -0.507 e. The number of carbonyl (C=O) groups excluding carboxylic acids is 5. The lowest BCUT2D eigenvalue weighted by atomic mass is 9.76. The number of amides is 1. The number of Topliss-reactive ketones (excluding diaryl/α,β-unsaturated/α-hetero) is 3. The number of aliphatic hydroxyl groups is 4. The number of aromatic hydroxyl groups is 1. The lowest BCUT2D eigenvalue weighted by Gasteiger charge is -2.37. The number of nitrogens with one attached hydrogen (secondary N) is 1. The number of rotatable bonds is 3. The van der Waals surface area contributed by atoms with E-state index in [2.05, 4.69) is 5.32 Å². The Labute approximate surface area is 307 Å². The van der Waals surface area contributed by atoms with Crippen molar-refractivity contribution in [3.63, 3.8) is 0 Å². The second-order valence-electron chi connectivity index (χ2n) is 13.5. The van der Waals surface area contributed by atoms with Crippen LogP contribution >= 0.6 is 11.8 Å². The average Bonchev–Trinajstić information content (AvgIpc) is 3.11. The Kier molecular flexibility index (Phi) is 14.0. The molecule has 0 radical (unpaired) electrons. The highest BCUT2D eigenvalue weighted by molar-refractivity contribution is 8.03. The molecule has 1 amide bonds. The van der Waals surface area contributed by atoms with Crippen molar-refractivity contribution >= 4 is 41.0 Å². The molecule has 13 nitrogen and oxygen atoms in total. The molecule has 0 spiro atoms. The summed E-state index contributed by atoms with van der Waals surface area (Å²) >= 11 is 0.868. The van der Waals surface area contributed by atoms with Crippen LogP contribution in [-0.2, 0) is 14.3 Å². The Hall–Kier alpha value is -4.08. The molecule has 2 heterocycles. The van der Waals surface area contributed by atoms with Crippen LogP contribution in [0.3, 0.4) is 0 Å². The Bertz CT molecular complexity index is 1760. The third kappa shape index (κ3) is 7.96. The smallest absolute Gasteiger partial charge is 0.313 e. The van der Waals surface area contributed by atoms with E-state index in [9.17, 15) is 49.5 Å². The predicted molar refractivity (Wildman–Crippen MR) is 194 cm³/mol. The summed E-state index contributed by atoms with van der Waals surface area (Å²) in [6.07, 6.45) is 1.41. The van der Waals surface area contributed by atoms with Gasteiger partial charge >= 0.3 is 5.97 Å². The van der Waals surface area contributed by atoms with Crippen molar-refractivity contribution in [1.29, 1.82) is 0 Å². The van der Waals surface area contributed by atoms with Gasteiger partial charge in [-0.25, -0.2) is 0 Å². The van der Waals surface area contributed by atoms with E-state index in [0.29, 0.717) is 0 Å². The lowest BCUT2D eigenvalue weighted by molar-refractivity contribution is -0.164. The molecule has 0 fully saturated rings. The Morgan fingerprint density at radius 3 is 1.85 bits per heavy atom. The van der Waals surface area contributed by atoms with Crippen molar-refractivity contribution in [3.05, 3.63) is 68.3 Å². The zero-order valence-corrected chi connectivity index (χ0v) is 31.8. The number of thioether (sulfide) groups is 1. The molecular formula is C38H49NO12S. The number of phenolic OH excluding ortho intramolecular Hbond substituents is 1. The van der Waals surface area contributed by atoms with Crippen molar-refractivity contribution in [2.45, 2.75) is 72.9 Å². The maximum absolute atomic E-state index is 14.2. The highest BCUT2D eigenvalue weighted by Crippen LogP contribution is 2.45. The van der Waals surface area contributed by atoms with Gasteiger partial charge in [0.1, 0.15) is 23.1 Å². The van der Waals surface area contributed by atoms with Gasteiger partial charge in [-0.1, -0.05) is 52.0 Å². The average molecular weight is 744 g/mol. The Morgan fingerprint density at radius 2 is 1.33 bits per heavy atom. The number of hydrogen-bond acceptors (Lipinski definition) is 13. The zero-order valence-electron chi connectivity index (χ0n) is 31.0. The number of carbonyl (C=O) groups is 5. The van der Waals surface area contributed by atoms with Crippen molar-refractivity contribution < 1.29 is 59.0 Å². The molecule has 1 aromatic rings. The van der Waals surface area contributed by atoms with Gasteiger partial charge < -0.3 is 40.3 Å². The Balaban J connectivity index is 2.34. The van der Waals surface area contributed by atoms with Crippen molar-refractivity contribution in [1.82, 2.24) is 5.32 Å². The molecule has 1 aromatic carbocycles. The molecule has 14 heteroatoms. The number of fused-ring (bicyclic) bond motifs is 15. The number of esters is 1. The van der Waals surface area contributed by atoms with Gasteiger partial charge in [0, 0.05) is 34.8 Å². The second-order valence-corrected chi connectivity index (χ2v) is 14.3. The summed E-state index contributed by atoms with van der Waals surface area (Å²) in [5.41, 5.74) is -1.48. The van der Waals surface area contributed by atoms with Crippen LogP contribution in [0.2, 0.25) is 0 Å². The van der Waals surface area contributed by atoms with E-state index in [1.807, 2.05) is 0 Å². The first kappa shape index (κ1) is 42.3. The highest BCUT2D eigenvalue weighted by atomic mass is 32.2. The molecule has 0 saturated carbocycles. The van der Waals surface area contributed by atoms with Crippen LogP contribution in [0, 0.1) is 36.5 Å². The van der Waals surface area contributed by atoms with E-state index in [1.54, 1.807) is 19.9 Å². The number of ether oxygens (including phenoxy) is 2. The molecule has 4 bridgehead atoms. The summed E-state index contributed by atoms with van der Waals surface area (Å²) in [6, 6.07) is 0. The molecular weight excluding hydrogens is 694 g/mol. The van der Waals surface area contributed by atoms with Crippen LogP contribution in [0.4, 0.5) is 0 Å². The number of phenols is 1. The van der Waals surface area contributed by atoms with E-state index in [1.165, 1.54) is 66.2 Å². The van der Waals surface area contributed by atoms with Crippen LogP contribution < -0.4 is 10.1 Å². The van der Waals surface area contributed by atoms with Gasteiger partial charge in [-0.3, -0.25) is 24.0 Å². The molecule has 3 aliphatic rings. The van der Waals surface area contributed by atoms with Crippen LogP contribution in [0.5, 0.6) is 11.5 Å². The fourth-order valence-corrected chi connectivity index (χ4v) is 7.33. The molecule has 0 saturated heterocycles. The van der Waals surface area contributed by atoms with E-state index in [-0.39, 0.29) is 38.6 Å². The quantitative estimate of drug-likeness (QED) is 0.246. The van der Waals surface area contributed by atoms with Crippen molar-refractivity contribution in [2.24, 2.45) is 29.6 Å². The fraction of sp³-hybridized carbons (Fsp3) is 0.500. The first-order chi connectivity index (χ1) is 24.3. The van der Waals surface area contributed by atoms with E-state index < -0.39 is 100 Å². The van der Waals surface area contributed by atoms with Crippen LogP contribution in [0.1, 0.15) is 78.2 Å². The maximum Gasteiger partial charge on any atom is 0.313 e. The van der Waals surface area contributed by atoms with Crippen molar-refractivity contribution in [3.8, 4) is 11.5 Å². The number of hydrogen-bond donors (Lipinski definition) is 6. The van der Waals surface area contributed by atoms with Gasteiger partial charge in [0.15, 0.2) is 5.78 Å². The molecule has 0 aromatic heterocycles. The number of methoxy groups -OCH3 is 2. The molecule has 9 unspecified atom stereocenters. The van der Waals surface area contributed by atoms with Crippen molar-refractivity contribution in [2.75, 3.05) is 20.5 Å². The zero-order chi connectivity index (χ0) is 39.5. The van der Waals surface area contributed by atoms with Gasteiger partial charge in [-0.05, 0) is 32.6 Å². The van der Waals surface area contributed by atoms with E-state index in [0.717, 1.165) is 18.9 Å². The monoisotopic (exact) mass is 743 g/mol. The van der Waals surface area contributed by atoms with Gasteiger partial charge in [0.2, 0.25) is 11.6 Å². The molecule has 6 N–H and O–H groups in total. The number of ketones is 3. The van der Waals surface area contributed by atoms with Gasteiger partial charge in [0.05, 0.1) is 60.2 Å². The normalized spacial score (nSPS) is 32.4. The number of benzene rings is 1. The predicted octanol–water partition coefficient (Wildman–Crippen LogP) is 3.20. The third-order valence-corrected chi connectivity index (χ3v) is 10.9. The minimum absolute atomic E-state index is 0.00802. The molecule has 2 aliphatic heterocycles. The summed E-state index contributed by atoms with van der Waals surface area (Å²) in [4.78, 5) is 68.5. The summed E-state index contributed by atoms with van der Waals surface area (Å²) in [6.45, 7) is 10.4. The largest absolute Gasteiger partial charge is 0.507 e. The summed E-state index contributed by atoms with van der Waals surface area (Å²) in [7, 11) is 2.32. The molecule has 4 rings (SSSR count). The minimum atomic E-state index is -1.67. The van der Waals surface area contributed by atoms with Crippen LogP contribution in [-0.4, -0.2) is 99.7 Å². The number of aliphatic hydroxyl groups excluding tert-OH is 4. The first-order valence-corrected chi connectivity index (χ1v) is 18.0. The standard InChI is InChI=1S/C38H49NO12S/c1-15-12-11-13-16(2)37(48)39-26-33(46)23-22(34(47)36(26)52-10)24(35(50-8)21(7)32(23)45)29(42)18(4)14-17(3)28(41)20(6)31(44)25(38(49)51-9)30(43)19(5)27(15)40/h11-15,17,19-20,25,27-28,30-31,40-41,43-45H,1-10H3,(H,39,48)/b12-11+,16-13-,18-14+. The second kappa shape index (κ2) is 17.2. The highest BCUT2D eigenvalue weighted by Gasteiger charge is 2.45. The Morgan fingerprint density at radius 1 is 0.769 bits per heavy atom. The van der Waals surface area contributed by atoms with E-state index in [4.69, 9.17) is 9.47 Å². The maximum atomic E-state index is 14.2.